The van der Waals surface area contributed by atoms with Crippen molar-refractivity contribution in [2.24, 2.45) is 0 Å². The molecule has 24 heavy (non-hydrogen) atoms. The average Bonchev–Trinajstić information content (AvgIpc) is 2.65. The quantitative estimate of drug-likeness (QED) is 0.719. The molecule has 0 saturated heterocycles. The van der Waals surface area contributed by atoms with Gasteiger partial charge in [-0.05, 0) is 30.3 Å². The highest BCUT2D eigenvalue weighted by molar-refractivity contribution is 6.01. The third kappa shape index (κ3) is 3.30. The van der Waals surface area contributed by atoms with Crippen molar-refractivity contribution in [2.75, 3.05) is 28.4 Å². The summed E-state index contributed by atoms with van der Waals surface area (Å²) in [5, 5.41) is 0. The molecule has 0 atom stereocenters. The lowest BCUT2D eigenvalue weighted by Gasteiger charge is -2.17. The molecule has 128 valence electrons. The van der Waals surface area contributed by atoms with E-state index >= 15 is 0 Å². The number of methoxy groups -OCH3 is 4. The first-order chi connectivity index (χ1) is 11.6. The van der Waals surface area contributed by atoms with Crippen LogP contribution in [0.1, 0.15) is 23.7 Å². The minimum Gasteiger partial charge on any atom is -0.497 e. The van der Waals surface area contributed by atoms with Crippen LogP contribution in [0.25, 0.3) is 11.1 Å². The number of ether oxygens (including phenoxy) is 4. The van der Waals surface area contributed by atoms with Crippen LogP contribution >= 0.6 is 0 Å². The van der Waals surface area contributed by atoms with Gasteiger partial charge in [0.05, 0.1) is 34.0 Å². The number of ketones is 1. The Kier molecular flexibility index (Phi) is 5.68. The summed E-state index contributed by atoms with van der Waals surface area (Å²) in [5.41, 5.74) is 1.96. The molecular weight excluding hydrogens is 308 g/mol. The normalized spacial score (nSPS) is 10.2. The summed E-state index contributed by atoms with van der Waals surface area (Å²) in [6.07, 6.45) is 0.373. The summed E-state index contributed by atoms with van der Waals surface area (Å²) in [7, 11) is 6.30. The van der Waals surface area contributed by atoms with E-state index in [1.165, 1.54) is 0 Å². The molecule has 0 aliphatic carbocycles. The standard InChI is InChI=1S/C19H22O5/c1-6-17(20)16-11-13(22-3)10-15(19(16)24-5)14-9-12(21-2)7-8-18(14)23-4/h7-11H,6H2,1-5H3. The van der Waals surface area contributed by atoms with E-state index in [1.54, 1.807) is 34.5 Å². The maximum Gasteiger partial charge on any atom is 0.166 e. The molecule has 0 N–H and O–H groups in total. The van der Waals surface area contributed by atoms with Crippen molar-refractivity contribution in [1.29, 1.82) is 0 Å². The zero-order valence-electron chi connectivity index (χ0n) is 14.6. The molecule has 5 nitrogen and oxygen atoms in total. The molecule has 0 unspecified atom stereocenters. The lowest BCUT2D eigenvalue weighted by atomic mass is 9.97. The van der Waals surface area contributed by atoms with Crippen molar-refractivity contribution >= 4 is 5.78 Å². The second-order valence-corrected chi connectivity index (χ2v) is 5.10. The summed E-state index contributed by atoms with van der Waals surface area (Å²) in [5.74, 6) is 2.38. The van der Waals surface area contributed by atoms with Crippen LogP contribution in [0.15, 0.2) is 30.3 Å². The van der Waals surface area contributed by atoms with Gasteiger partial charge in [-0.25, -0.2) is 0 Å². The molecule has 0 fully saturated rings. The summed E-state index contributed by atoms with van der Waals surface area (Å²) in [6.45, 7) is 1.81. The van der Waals surface area contributed by atoms with Crippen LogP contribution < -0.4 is 18.9 Å². The maximum atomic E-state index is 12.3. The van der Waals surface area contributed by atoms with Gasteiger partial charge in [0.25, 0.3) is 0 Å². The van der Waals surface area contributed by atoms with Gasteiger partial charge >= 0.3 is 0 Å². The molecule has 5 heteroatoms. The van der Waals surface area contributed by atoms with Gasteiger partial charge in [0, 0.05) is 17.5 Å². The van der Waals surface area contributed by atoms with Crippen LogP contribution in [-0.2, 0) is 0 Å². The monoisotopic (exact) mass is 330 g/mol. The molecule has 2 rings (SSSR count). The smallest absolute Gasteiger partial charge is 0.166 e. The van der Waals surface area contributed by atoms with Crippen molar-refractivity contribution in [3.05, 3.63) is 35.9 Å². The van der Waals surface area contributed by atoms with Crippen LogP contribution in [0, 0.1) is 0 Å². The first-order valence-electron chi connectivity index (χ1n) is 7.61. The molecule has 0 radical (unpaired) electrons. The van der Waals surface area contributed by atoms with Crippen molar-refractivity contribution in [2.45, 2.75) is 13.3 Å². The molecule has 0 spiro atoms. The fourth-order valence-electron chi connectivity index (χ4n) is 2.56. The van der Waals surface area contributed by atoms with Crippen LogP contribution in [0.4, 0.5) is 0 Å². The van der Waals surface area contributed by atoms with Crippen molar-refractivity contribution < 1.29 is 23.7 Å². The van der Waals surface area contributed by atoms with E-state index in [4.69, 9.17) is 18.9 Å². The summed E-state index contributed by atoms with van der Waals surface area (Å²) >= 11 is 0. The summed E-state index contributed by atoms with van der Waals surface area (Å²) in [6, 6.07) is 8.99. The minimum atomic E-state index is -0.0196. The van der Waals surface area contributed by atoms with E-state index in [0.29, 0.717) is 40.5 Å². The molecule has 0 heterocycles. The van der Waals surface area contributed by atoms with Crippen molar-refractivity contribution in [3.8, 4) is 34.1 Å². The number of Topliss-reactive ketones (excluding diaryl/α,β-unsaturated/α-hetero) is 1. The van der Waals surface area contributed by atoms with Gasteiger partial charge in [0.2, 0.25) is 0 Å². The maximum absolute atomic E-state index is 12.3. The van der Waals surface area contributed by atoms with E-state index in [-0.39, 0.29) is 5.78 Å². The van der Waals surface area contributed by atoms with E-state index in [9.17, 15) is 4.79 Å². The van der Waals surface area contributed by atoms with Gasteiger partial charge in [0.15, 0.2) is 5.78 Å². The molecule has 2 aromatic rings. The third-order valence-corrected chi connectivity index (χ3v) is 3.82. The van der Waals surface area contributed by atoms with Gasteiger partial charge in [0.1, 0.15) is 23.0 Å². The SMILES string of the molecule is CCC(=O)c1cc(OC)cc(-c2cc(OC)ccc2OC)c1OC. The predicted molar refractivity (Wildman–Crippen MR) is 92.7 cm³/mol. The van der Waals surface area contributed by atoms with Gasteiger partial charge < -0.3 is 18.9 Å². The van der Waals surface area contributed by atoms with E-state index in [2.05, 4.69) is 0 Å². The van der Waals surface area contributed by atoms with Crippen molar-refractivity contribution in [1.82, 2.24) is 0 Å². The fraction of sp³-hybridized carbons (Fsp3) is 0.316. The first kappa shape index (κ1) is 17.7. The third-order valence-electron chi connectivity index (χ3n) is 3.82. The number of rotatable bonds is 7. The molecular formula is C19H22O5. The van der Waals surface area contributed by atoms with Crippen LogP contribution in [0.3, 0.4) is 0 Å². The highest BCUT2D eigenvalue weighted by atomic mass is 16.5. The van der Waals surface area contributed by atoms with Gasteiger partial charge in [-0.15, -0.1) is 0 Å². The molecule has 0 amide bonds. The number of hydrogen-bond acceptors (Lipinski definition) is 5. The van der Waals surface area contributed by atoms with Gasteiger partial charge in [-0.1, -0.05) is 6.92 Å². The van der Waals surface area contributed by atoms with Crippen LogP contribution in [0.2, 0.25) is 0 Å². The van der Waals surface area contributed by atoms with Crippen LogP contribution in [-0.4, -0.2) is 34.2 Å². The number of hydrogen-bond donors (Lipinski definition) is 0. The minimum absolute atomic E-state index is 0.0196. The number of carbonyl (C=O) groups is 1. The Labute approximate surface area is 142 Å². The largest absolute Gasteiger partial charge is 0.497 e. The predicted octanol–water partition coefficient (Wildman–Crippen LogP) is 3.98. The fourth-order valence-corrected chi connectivity index (χ4v) is 2.56. The highest BCUT2D eigenvalue weighted by Crippen LogP contribution is 2.42. The zero-order chi connectivity index (χ0) is 17.7. The summed E-state index contributed by atoms with van der Waals surface area (Å²) in [4.78, 5) is 12.3. The Morgan fingerprint density at radius 2 is 1.50 bits per heavy atom. The summed E-state index contributed by atoms with van der Waals surface area (Å²) < 4.78 is 21.7. The van der Waals surface area contributed by atoms with Gasteiger partial charge in [-0.3, -0.25) is 4.79 Å². The van der Waals surface area contributed by atoms with E-state index in [1.807, 2.05) is 31.2 Å². The lowest BCUT2D eigenvalue weighted by molar-refractivity contribution is 0.0985. The number of benzene rings is 2. The average molecular weight is 330 g/mol. The molecule has 0 saturated carbocycles. The van der Waals surface area contributed by atoms with Crippen LogP contribution in [0.5, 0.6) is 23.0 Å². The first-order valence-corrected chi connectivity index (χ1v) is 7.61. The number of carbonyl (C=O) groups excluding carboxylic acids is 1. The Bertz CT molecular complexity index is 737. The molecule has 0 aromatic heterocycles. The lowest BCUT2D eigenvalue weighted by Crippen LogP contribution is -2.04. The topological polar surface area (TPSA) is 54.0 Å². The van der Waals surface area contributed by atoms with Gasteiger partial charge in [-0.2, -0.15) is 0 Å². The second kappa shape index (κ2) is 7.73. The highest BCUT2D eigenvalue weighted by Gasteiger charge is 2.21. The second-order valence-electron chi connectivity index (χ2n) is 5.10. The Balaban J connectivity index is 2.80. The van der Waals surface area contributed by atoms with Crippen molar-refractivity contribution in [3.63, 3.8) is 0 Å². The molecule has 0 aliphatic heterocycles. The Morgan fingerprint density at radius 3 is 2.04 bits per heavy atom. The van der Waals surface area contributed by atoms with E-state index < -0.39 is 0 Å². The Hall–Kier alpha value is -2.69. The van der Waals surface area contributed by atoms with E-state index in [0.717, 1.165) is 5.56 Å². The molecule has 2 aromatic carbocycles. The molecule has 0 aliphatic rings. The Morgan fingerprint density at radius 1 is 0.833 bits per heavy atom. The molecule has 0 bridgehead atoms. The zero-order valence-corrected chi connectivity index (χ0v) is 14.6.